The van der Waals surface area contributed by atoms with Crippen molar-refractivity contribution in [2.24, 2.45) is 5.92 Å². The number of rotatable bonds is 4. The molecule has 0 aliphatic carbocycles. The van der Waals surface area contributed by atoms with Crippen LogP contribution in [0.25, 0.3) is 0 Å². The molecule has 6 nitrogen and oxygen atoms in total. The molecule has 1 heterocycles. The molecule has 2 rings (SSSR count). The first-order valence-corrected chi connectivity index (χ1v) is 6.25. The van der Waals surface area contributed by atoms with Crippen molar-refractivity contribution in [3.63, 3.8) is 0 Å². The quantitative estimate of drug-likeness (QED) is 0.848. The summed E-state index contributed by atoms with van der Waals surface area (Å²) >= 11 is 0. The Morgan fingerprint density at radius 3 is 2.50 bits per heavy atom. The molecule has 0 spiro atoms. The van der Waals surface area contributed by atoms with E-state index in [2.05, 4.69) is 5.32 Å². The summed E-state index contributed by atoms with van der Waals surface area (Å²) in [5, 5.41) is 2.71. The highest BCUT2D eigenvalue weighted by Crippen LogP contribution is 2.31. The van der Waals surface area contributed by atoms with Gasteiger partial charge >= 0.3 is 12.1 Å². The van der Waals surface area contributed by atoms with E-state index in [1.165, 1.54) is 7.11 Å². The summed E-state index contributed by atoms with van der Waals surface area (Å²) < 4.78 is 15.0. The summed E-state index contributed by atoms with van der Waals surface area (Å²) in [5.74, 6) is -0.243. The molecule has 1 fully saturated rings. The molecule has 1 aromatic rings. The Hall–Kier alpha value is -2.24. The van der Waals surface area contributed by atoms with Crippen LogP contribution >= 0.6 is 0 Å². The molecule has 1 N–H and O–H groups in total. The smallest absolute Gasteiger partial charge is 0.408 e. The number of carbonyl (C=O) groups excluding carboxylic acids is 2. The normalized spacial score (nSPS) is 22.6. The van der Waals surface area contributed by atoms with Crippen molar-refractivity contribution in [2.45, 2.75) is 19.1 Å². The Morgan fingerprint density at radius 2 is 1.95 bits per heavy atom. The van der Waals surface area contributed by atoms with E-state index in [0.29, 0.717) is 0 Å². The summed E-state index contributed by atoms with van der Waals surface area (Å²) in [6.45, 7) is 1.67. The molecule has 0 bridgehead atoms. The first-order chi connectivity index (χ1) is 9.56. The molecular formula is C14H17NO5. The lowest BCUT2D eigenvalue weighted by atomic mass is 9.93. The third-order valence-corrected chi connectivity index (χ3v) is 3.39. The minimum atomic E-state index is -0.594. The van der Waals surface area contributed by atoms with Gasteiger partial charge in [0.2, 0.25) is 0 Å². The highest BCUT2D eigenvalue weighted by molar-refractivity contribution is 5.76. The third kappa shape index (κ3) is 2.68. The van der Waals surface area contributed by atoms with Crippen LogP contribution in [-0.2, 0) is 14.3 Å². The van der Waals surface area contributed by atoms with Gasteiger partial charge in [0.15, 0.2) is 0 Å². The van der Waals surface area contributed by atoms with Crippen LogP contribution in [-0.4, -0.2) is 32.4 Å². The molecule has 0 aromatic heterocycles. The number of alkyl carbamates (subject to hydrolysis) is 1. The van der Waals surface area contributed by atoms with E-state index in [0.717, 1.165) is 11.3 Å². The van der Waals surface area contributed by atoms with E-state index < -0.39 is 24.1 Å². The molecule has 0 radical (unpaired) electrons. The molecule has 108 valence electrons. The molecule has 20 heavy (non-hydrogen) atoms. The summed E-state index contributed by atoms with van der Waals surface area (Å²) in [7, 11) is 2.89. The molecule has 1 aliphatic heterocycles. The second-order valence-corrected chi connectivity index (χ2v) is 4.58. The van der Waals surface area contributed by atoms with Crippen LogP contribution in [0.4, 0.5) is 4.79 Å². The van der Waals surface area contributed by atoms with Crippen molar-refractivity contribution in [3.8, 4) is 5.75 Å². The van der Waals surface area contributed by atoms with E-state index in [4.69, 9.17) is 14.2 Å². The zero-order chi connectivity index (χ0) is 14.7. The Morgan fingerprint density at radius 1 is 1.30 bits per heavy atom. The van der Waals surface area contributed by atoms with Gasteiger partial charge in [0, 0.05) is 0 Å². The number of hydrogen-bond acceptors (Lipinski definition) is 5. The number of amides is 1. The van der Waals surface area contributed by atoms with Crippen molar-refractivity contribution in [1.82, 2.24) is 5.32 Å². The Labute approximate surface area is 117 Å². The Kier molecular flexibility index (Phi) is 4.12. The average Bonchev–Trinajstić information content (AvgIpc) is 2.87. The fraction of sp³-hybridized carbons (Fsp3) is 0.429. The first-order valence-electron chi connectivity index (χ1n) is 6.25. The molecular weight excluding hydrogens is 262 g/mol. The molecule has 1 amide bonds. The molecule has 1 aromatic carbocycles. The second-order valence-electron chi connectivity index (χ2n) is 4.58. The monoisotopic (exact) mass is 279 g/mol. The molecule has 0 saturated carbocycles. The number of methoxy groups -OCH3 is 2. The molecule has 3 atom stereocenters. The van der Waals surface area contributed by atoms with E-state index in [-0.39, 0.29) is 6.04 Å². The fourth-order valence-electron chi connectivity index (χ4n) is 2.23. The van der Waals surface area contributed by atoms with Crippen molar-refractivity contribution < 1.29 is 23.8 Å². The molecule has 1 aliphatic rings. The van der Waals surface area contributed by atoms with Gasteiger partial charge in [-0.05, 0) is 24.6 Å². The summed E-state index contributed by atoms with van der Waals surface area (Å²) in [5.41, 5.74) is 0.845. The summed E-state index contributed by atoms with van der Waals surface area (Å²) in [4.78, 5) is 23.1. The number of cyclic esters (lactones) is 1. The second kappa shape index (κ2) is 5.81. The maximum atomic E-state index is 11.6. The SMILES string of the molecule is COC(=O)C(C)C1OC(=O)NC1c1ccc(OC)cc1. The van der Waals surface area contributed by atoms with E-state index in [9.17, 15) is 9.59 Å². The predicted molar refractivity (Wildman–Crippen MR) is 70.3 cm³/mol. The predicted octanol–water partition coefficient (Wildman–Crippen LogP) is 1.65. The van der Waals surface area contributed by atoms with Gasteiger partial charge in [-0.25, -0.2) is 4.79 Å². The highest BCUT2D eigenvalue weighted by atomic mass is 16.6. The fourth-order valence-corrected chi connectivity index (χ4v) is 2.23. The number of carbonyl (C=O) groups is 2. The lowest BCUT2D eigenvalue weighted by molar-refractivity contribution is -0.148. The number of benzene rings is 1. The average molecular weight is 279 g/mol. The van der Waals surface area contributed by atoms with Crippen LogP contribution in [0, 0.1) is 5.92 Å². The van der Waals surface area contributed by atoms with Crippen LogP contribution in [0.2, 0.25) is 0 Å². The molecule has 1 saturated heterocycles. The minimum absolute atomic E-state index is 0.387. The van der Waals surface area contributed by atoms with Gasteiger partial charge < -0.3 is 19.5 Å². The van der Waals surface area contributed by atoms with Gasteiger partial charge in [0.1, 0.15) is 11.9 Å². The van der Waals surface area contributed by atoms with Gasteiger partial charge in [-0.15, -0.1) is 0 Å². The van der Waals surface area contributed by atoms with Crippen LogP contribution in [0.3, 0.4) is 0 Å². The summed E-state index contributed by atoms with van der Waals surface area (Å²) in [6.07, 6.45) is -1.13. The number of ether oxygens (including phenoxy) is 3. The molecule has 3 unspecified atom stereocenters. The van der Waals surface area contributed by atoms with E-state index in [1.54, 1.807) is 26.2 Å². The van der Waals surface area contributed by atoms with Gasteiger partial charge in [-0.2, -0.15) is 0 Å². The van der Waals surface area contributed by atoms with E-state index >= 15 is 0 Å². The lowest BCUT2D eigenvalue weighted by Gasteiger charge is -2.21. The van der Waals surface area contributed by atoms with Crippen molar-refractivity contribution in [3.05, 3.63) is 29.8 Å². The van der Waals surface area contributed by atoms with Crippen LogP contribution < -0.4 is 10.1 Å². The van der Waals surface area contributed by atoms with Gasteiger partial charge in [-0.1, -0.05) is 12.1 Å². The van der Waals surface area contributed by atoms with E-state index in [1.807, 2.05) is 12.1 Å². The number of nitrogens with one attached hydrogen (secondary N) is 1. The number of hydrogen-bond donors (Lipinski definition) is 1. The molecule has 6 heteroatoms. The summed E-state index contributed by atoms with van der Waals surface area (Å²) in [6, 6.07) is 6.85. The Balaban J connectivity index is 2.23. The van der Waals surface area contributed by atoms with Crippen LogP contribution in [0.5, 0.6) is 5.75 Å². The van der Waals surface area contributed by atoms with Crippen molar-refractivity contribution in [1.29, 1.82) is 0 Å². The van der Waals surface area contributed by atoms with Crippen LogP contribution in [0.15, 0.2) is 24.3 Å². The van der Waals surface area contributed by atoms with Crippen molar-refractivity contribution >= 4 is 12.1 Å². The lowest BCUT2D eigenvalue weighted by Crippen LogP contribution is -2.32. The zero-order valence-electron chi connectivity index (χ0n) is 11.6. The zero-order valence-corrected chi connectivity index (χ0v) is 11.6. The first kappa shape index (κ1) is 14.2. The maximum absolute atomic E-state index is 11.6. The van der Waals surface area contributed by atoms with Crippen LogP contribution in [0.1, 0.15) is 18.5 Å². The highest BCUT2D eigenvalue weighted by Gasteiger charge is 2.42. The number of esters is 1. The van der Waals surface area contributed by atoms with Gasteiger partial charge in [-0.3, -0.25) is 4.79 Å². The maximum Gasteiger partial charge on any atom is 0.408 e. The van der Waals surface area contributed by atoms with Crippen molar-refractivity contribution in [2.75, 3.05) is 14.2 Å². The minimum Gasteiger partial charge on any atom is -0.497 e. The Bertz CT molecular complexity index is 499. The third-order valence-electron chi connectivity index (χ3n) is 3.39. The van der Waals surface area contributed by atoms with Gasteiger partial charge in [0.25, 0.3) is 0 Å². The standard InChI is InChI=1S/C14H17NO5/c1-8(13(16)19-3)12-11(15-14(17)20-12)9-4-6-10(18-2)7-5-9/h4-8,11-12H,1-3H3,(H,15,17). The largest absolute Gasteiger partial charge is 0.497 e. The van der Waals surface area contributed by atoms with Gasteiger partial charge in [0.05, 0.1) is 26.2 Å². The topological polar surface area (TPSA) is 73.9 Å².